The number of rotatable bonds is 13. The summed E-state index contributed by atoms with van der Waals surface area (Å²) in [4.78, 5) is 4.86. The first-order chi connectivity index (χ1) is 43.6. The maximum atomic E-state index is 2.43. The van der Waals surface area contributed by atoms with Crippen LogP contribution in [0.5, 0.6) is 0 Å². The molecule has 2 nitrogen and oxygen atoms in total. The third-order valence-electron chi connectivity index (χ3n) is 17.0. The van der Waals surface area contributed by atoms with E-state index in [1.54, 1.807) is 0 Å². The molecule has 0 bridgehead atoms. The van der Waals surface area contributed by atoms with Gasteiger partial charge in [-0.2, -0.15) is 0 Å². The molecule has 414 valence electrons. The van der Waals surface area contributed by atoms with Crippen LogP contribution in [0, 0.1) is 0 Å². The fourth-order valence-electron chi connectivity index (χ4n) is 12.6. The zero-order valence-electron chi connectivity index (χ0n) is 48.0. The second-order valence-corrected chi connectivity index (χ2v) is 24.6. The van der Waals surface area contributed by atoms with Gasteiger partial charge in [-0.25, -0.2) is 0 Å². The molecule has 0 amide bonds. The molecule has 2 aromatic heterocycles. The molecule has 0 unspecified atom stereocenters. The standard InChI is InChI=1S/C84H56N2S2/c1-5-17-57(18-6-1)61-29-39-71(40-30-61)85(72-41-31-62(32-42-72)58-19-7-2-8-20-58)75-52-70(53-76(56-75)86(73-43-33-63(34-44-73)59-21-9-3-10-22-59)74-45-35-64(36-46-74)60-23-11-4-12-24-60)69-50-67(65-37-47-83-79(54-65)77-25-13-15-27-81(77)87-83)49-68(51-69)66-38-48-84-80(55-66)78-26-14-16-28-82(78)88-84/h1-56H. The molecule has 88 heavy (non-hydrogen) atoms. The van der Waals surface area contributed by atoms with E-state index >= 15 is 0 Å². The molecule has 0 spiro atoms. The monoisotopic (exact) mass is 1160 g/mol. The van der Waals surface area contributed by atoms with Crippen molar-refractivity contribution in [2.75, 3.05) is 9.80 Å². The number of hydrogen-bond donors (Lipinski definition) is 0. The van der Waals surface area contributed by atoms with Crippen LogP contribution < -0.4 is 9.80 Å². The van der Waals surface area contributed by atoms with E-state index in [1.807, 2.05) is 22.7 Å². The maximum absolute atomic E-state index is 2.43. The molecule has 0 saturated heterocycles. The van der Waals surface area contributed by atoms with E-state index in [1.165, 1.54) is 73.7 Å². The highest BCUT2D eigenvalue weighted by atomic mass is 32.1. The van der Waals surface area contributed by atoms with Crippen LogP contribution in [0.1, 0.15) is 0 Å². The SMILES string of the molecule is c1ccc(-c2ccc(N(c3ccc(-c4ccccc4)cc3)c3cc(-c4cc(-c5ccc6sc7ccccc7c6c5)cc(-c5ccc6sc7ccccc7c6c5)c4)cc(N(c4ccc(-c5ccccc5)cc4)c4ccc(-c5ccccc5)cc4)c3)cc2)cc1. The minimum Gasteiger partial charge on any atom is -0.310 e. The van der Waals surface area contributed by atoms with Gasteiger partial charge in [0, 0.05) is 74.5 Å². The summed E-state index contributed by atoms with van der Waals surface area (Å²) in [6.07, 6.45) is 0. The van der Waals surface area contributed by atoms with Crippen LogP contribution in [0.25, 0.3) is 118 Å². The lowest BCUT2D eigenvalue weighted by molar-refractivity contribution is 1.25. The van der Waals surface area contributed by atoms with Crippen LogP contribution in [-0.4, -0.2) is 0 Å². The van der Waals surface area contributed by atoms with E-state index in [4.69, 9.17) is 0 Å². The van der Waals surface area contributed by atoms with Crippen molar-refractivity contribution in [3.05, 3.63) is 340 Å². The van der Waals surface area contributed by atoms with Crippen molar-refractivity contribution in [1.29, 1.82) is 0 Å². The molecule has 2 heterocycles. The first kappa shape index (κ1) is 52.7. The molecule has 16 rings (SSSR count). The van der Waals surface area contributed by atoms with Gasteiger partial charge in [-0.15, -0.1) is 22.7 Å². The van der Waals surface area contributed by atoms with Gasteiger partial charge in [-0.3, -0.25) is 0 Å². The van der Waals surface area contributed by atoms with E-state index in [2.05, 4.69) is 350 Å². The fraction of sp³-hybridized carbons (Fsp3) is 0. The Labute approximate surface area is 521 Å². The molecule has 0 atom stereocenters. The largest absolute Gasteiger partial charge is 0.310 e. The Balaban J connectivity index is 0.947. The molecule has 0 aliphatic rings. The molecule has 0 aliphatic carbocycles. The topological polar surface area (TPSA) is 6.48 Å². The second kappa shape index (κ2) is 22.8. The first-order valence-corrected chi connectivity index (χ1v) is 31.6. The Hall–Kier alpha value is -10.9. The lowest BCUT2D eigenvalue weighted by Gasteiger charge is -2.31. The van der Waals surface area contributed by atoms with Crippen LogP contribution in [0.15, 0.2) is 340 Å². The average Bonchev–Trinajstić information content (AvgIpc) is 2.28. The number of thiophene rings is 2. The number of fused-ring (bicyclic) bond motifs is 6. The predicted octanol–water partition coefficient (Wildman–Crippen LogP) is 25.0. The summed E-state index contributed by atoms with van der Waals surface area (Å²) < 4.78 is 5.17. The zero-order valence-corrected chi connectivity index (χ0v) is 49.7. The molecular formula is C84H56N2S2. The molecule has 0 saturated carbocycles. The van der Waals surface area contributed by atoms with Gasteiger partial charge in [-0.1, -0.05) is 218 Å². The Morgan fingerprint density at radius 2 is 0.398 bits per heavy atom. The van der Waals surface area contributed by atoms with Gasteiger partial charge in [0.25, 0.3) is 0 Å². The Kier molecular flexibility index (Phi) is 13.7. The number of benzene rings is 14. The van der Waals surface area contributed by atoms with Crippen molar-refractivity contribution in [3.63, 3.8) is 0 Å². The smallest absolute Gasteiger partial charge is 0.0488 e. The molecule has 0 aliphatic heterocycles. The van der Waals surface area contributed by atoms with Crippen LogP contribution in [0.2, 0.25) is 0 Å². The quantitative estimate of drug-likeness (QED) is 0.114. The van der Waals surface area contributed by atoms with Gasteiger partial charge in [-0.05, 0) is 199 Å². The van der Waals surface area contributed by atoms with Crippen LogP contribution in [-0.2, 0) is 0 Å². The molecular weight excluding hydrogens is 1100 g/mol. The molecule has 14 aromatic carbocycles. The highest BCUT2D eigenvalue weighted by molar-refractivity contribution is 7.26. The summed E-state index contributed by atoms with van der Waals surface area (Å²) in [6, 6.07) is 125. The minimum absolute atomic E-state index is 1.02. The van der Waals surface area contributed by atoms with Gasteiger partial charge >= 0.3 is 0 Å². The lowest BCUT2D eigenvalue weighted by atomic mass is 9.91. The minimum atomic E-state index is 1.02. The number of anilines is 6. The zero-order chi connectivity index (χ0) is 58.3. The highest BCUT2D eigenvalue weighted by Crippen LogP contribution is 2.47. The fourth-order valence-corrected chi connectivity index (χ4v) is 14.8. The predicted molar refractivity (Wildman–Crippen MR) is 380 cm³/mol. The maximum Gasteiger partial charge on any atom is 0.0488 e. The van der Waals surface area contributed by atoms with Gasteiger partial charge < -0.3 is 9.80 Å². The van der Waals surface area contributed by atoms with Crippen molar-refractivity contribution in [2.24, 2.45) is 0 Å². The summed E-state index contributed by atoms with van der Waals surface area (Å²) >= 11 is 3.72. The van der Waals surface area contributed by atoms with Gasteiger partial charge in [0.15, 0.2) is 0 Å². The van der Waals surface area contributed by atoms with E-state index in [0.29, 0.717) is 0 Å². The lowest BCUT2D eigenvalue weighted by Crippen LogP contribution is -2.14. The third-order valence-corrected chi connectivity index (χ3v) is 19.3. The second-order valence-electron chi connectivity index (χ2n) is 22.5. The summed E-state index contributed by atoms with van der Waals surface area (Å²) in [5, 5.41) is 5.13. The van der Waals surface area contributed by atoms with Crippen LogP contribution in [0.3, 0.4) is 0 Å². The van der Waals surface area contributed by atoms with E-state index in [-0.39, 0.29) is 0 Å². The highest BCUT2D eigenvalue weighted by Gasteiger charge is 2.22. The molecule has 0 radical (unpaired) electrons. The van der Waals surface area contributed by atoms with Crippen LogP contribution in [0.4, 0.5) is 34.1 Å². The Bertz CT molecular complexity index is 4670. The molecule has 0 N–H and O–H groups in total. The van der Waals surface area contributed by atoms with Crippen molar-refractivity contribution in [2.45, 2.75) is 0 Å². The molecule has 4 heteroatoms. The van der Waals surface area contributed by atoms with Gasteiger partial charge in [0.05, 0.1) is 0 Å². The Morgan fingerprint density at radius 3 is 0.727 bits per heavy atom. The summed E-state index contributed by atoms with van der Waals surface area (Å²) in [5.41, 5.74) is 22.4. The normalized spacial score (nSPS) is 11.4. The van der Waals surface area contributed by atoms with Crippen LogP contribution >= 0.6 is 22.7 Å². The summed E-state index contributed by atoms with van der Waals surface area (Å²) in [6.45, 7) is 0. The number of nitrogens with zero attached hydrogens (tertiary/aromatic N) is 2. The first-order valence-electron chi connectivity index (χ1n) is 29.9. The number of hydrogen-bond acceptors (Lipinski definition) is 4. The van der Waals surface area contributed by atoms with E-state index < -0.39 is 0 Å². The van der Waals surface area contributed by atoms with Gasteiger partial charge in [0.1, 0.15) is 0 Å². The van der Waals surface area contributed by atoms with E-state index in [0.717, 1.165) is 78.6 Å². The van der Waals surface area contributed by atoms with Crippen molar-refractivity contribution < 1.29 is 0 Å². The molecule has 0 fully saturated rings. The Morgan fingerprint density at radius 1 is 0.148 bits per heavy atom. The summed E-state index contributed by atoms with van der Waals surface area (Å²) in [5.74, 6) is 0. The average molecular weight is 1160 g/mol. The van der Waals surface area contributed by atoms with Gasteiger partial charge in [0.2, 0.25) is 0 Å². The van der Waals surface area contributed by atoms with Crippen molar-refractivity contribution in [3.8, 4) is 77.9 Å². The molecule has 16 aromatic rings. The van der Waals surface area contributed by atoms with E-state index in [9.17, 15) is 0 Å². The third kappa shape index (κ3) is 10.2. The van der Waals surface area contributed by atoms with Crippen molar-refractivity contribution in [1.82, 2.24) is 0 Å². The summed E-state index contributed by atoms with van der Waals surface area (Å²) in [7, 11) is 0. The van der Waals surface area contributed by atoms with Crippen molar-refractivity contribution >= 4 is 97.1 Å².